The molecule has 0 aliphatic carbocycles. The summed E-state index contributed by atoms with van der Waals surface area (Å²) in [6, 6.07) is 8.10. The lowest BCUT2D eigenvalue weighted by Crippen LogP contribution is -2.39. The largest absolute Gasteiger partial charge is 0.389 e. The van der Waals surface area contributed by atoms with E-state index >= 15 is 0 Å². The number of likely N-dealkylation sites (N-methyl/N-ethyl adjacent to an activating group) is 1. The average molecular weight is 291 g/mol. The number of likely N-dealkylation sites (tertiary alicyclic amines) is 1. The van der Waals surface area contributed by atoms with E-state index in [9.17, 15) is 9.90 Å². The zero-order valence-electron chi connectivity index (χ0n) is 13.1. The molecule has 1 aliphatic rings. The van der Waals surface area contributed by atoms with Crippen molar-refractivity contribution in [1.82, 2.24) is 4.90 Å². The van der Waals surface area contributed by atoms with Crippen molar-refractivity contribution in [2.75, 3.05) is 50.6 Å². The molecule has 5 nitrogen and oxygen atoms in total. The summed E-state index contributed by atoms with van der Waals surface area (Å²) >= 11 is 0. The molecule has 0 aromatic heterocycles. The van der Waals surface area contributed by atoms with Crippen LogP contribution in [0.3, 0.4) is 0 Å². The summed E-state index contributed by atoms with van der Waals surface area (Å²) in [5.41, 5.74) is 2.19. The highest BCUT2D eigenvalue weighted by molar-refractivity contribution is 5.78. The van der Waals surface area contributed by atoms with Crippen molar-refractivity contribution < 1.29 is 9.90 Å². The Morgan fingerprint density at radius 2 is 1.90 bits per heavy atom. The van der Waals surface area contributed by atoms with Gasteiger partial charge in [0.2, 0.25) is 5.91 Å². The van der Waals surface area contributed by atoms with Crippen molar-refractivity contribution in [1.29, 1.82) is 0 Å². The molecule has 2 rings (SSSR count). The number of aliphatic hydroxyl groups is 1. The van der Waals surface area contributed by atoms with Crippen molar-refractivity contribution in [3.8, 4) is 0 Å². The molecule has 0 spiro atoms. The molecule has 1 aliphatic heterocycles. The van der Waals surface area contributed by atoms with Gasteiger partial charge in [0.05, 0.1) is 17.5 Å². The Morgan fingerprint density at radius 3 is 2.48 bits per heavy atom. The maximum absolute atomic E-state index is 11.6. The molecule has 1 saturated heterocycles. The van der Waals surface area contributed by atoms with Crippen LogP contribution in [0, 0.1) is 0 Å². The molecule has 21 heavy (non-hydrogen) atoms. The first-order chi connectivity index (χ1) is 9.99. The molecule has 1 atom stereocenters. The van der Waals surface area contributed by atoms with Crippen LogP contribution in [0.4, 0.5) is 11.4 Å². The Morgan fingerprint density at radius 1 is 1.24 bits per heavy atom. The number of aliphatic hydroxyl groups excluding tert-OH is 1. The van der Waals surface area contributed by atoms with Gasteiger partial charge in [-0.05, 0) is 18.6 Å². The van der Waals surface area contributed by atoms with Crippen LogP contribution in [0.15, 0.2) is 24.3 Å². The number of anilines is 2. The molecule has 0 bridgehead atoms. The van der Waals surface area contributed by atoms with Crippen LogP contribution in [0.1, 0.15) is 12.8 Å². The summed E-state index contributed by atoms with van der Waals surface area (Å²) in [7, 11) is 5.98. The molecule has 0 radical (unpaired) electrons. The van der Waals surface area contributed by atoms with Crippen molar-refractivity contribution in [2.24, 2.45) is 0 Å². The number of nitrogens with zero attached hydrogens (tertiary/aromatic N) is 3. The topological polar surface area (TPSA) is 47.0 Å². The van der Waals surface area contributed by atoms with E-state index < -0.39 is 6.10 Å². The van der Waals surface area contributed by atoms with Crippen molar-refractivity contribution in [3.63, 3.8) is 0 Å². The van der Waals surface area contributed by atoms with E-state index in [0.717, 1.165) is 24.3 Å². The zero-order chi connectivity index (χ0) is 15.4. The minimum absolute atomic E-state index is 0.158. The van der Waals surface area contributed by atoms with Crippen LogP contribution in [0.2, 0.25) is 0 Å². The maximum Gasteiger partial charge on any atom is 0.222 e. The van der Waals surface area contributed by atoms with Crippen LogP contribution >= 0.6 is 0 Å². The molecular formula is C16H25N3O2. The Hall–Kier alpha value is -1.75. The number of carbonyl (C=O) groups is 1. The monoisotopic (exact) mass is 291 g/mol. The maximum atomic E-state index is 11.6. The van der Waals surface area contributed by atoms with Gasteiger partial charge >= 0.3 is 0 Å². The Labute approximate surface area is 126 Å². The lowest BCUT2D eigenvalue weighted by atomic mass is 10.2. The van der Waals surface area contributed by atoms with Crippen LogP contribution in [0.25, 0.3) is 0 Å². The number of hydrogen-bond acceptors (Lipinski definition) is 4. The number of para-hydroxylation sites is 2. The third-order valence-corrected chi connectivity index (χ3v) is 3.86. The molecule has 1 aromatic carbocycles. The van der Waals surface area contributed by atoms with Gasteiger partial charge in [-0.3, -0.25) is 4.79 Å². The Bertz CT molecular complexity index is 490. The highest BCUT2D eigenvalue weighted by atomic mass is 16.3. The van der Waals surface area contributed by atoms with Crippen molar-refractivity contribution in [3.05, 3.63) is 24.3 Å². The van der Waals surface area contributed by atoms with Gasteiger partial charge in [0.1, 0.15) is 0 Å². The summed E-state index contributed by atoms with van der Waals surface area (Å²) in [6.07, 6.45) is 0.990. The predicted molar refractivity (Wildman–Crippen MR) is 85.9 cm³/mol. The van der Waals surface area contributed by atoms with E-state index in [2.05, 4.69) is 11.0 Å². The normalized spacial score (nSPS) is 16.2. The van der Waals surface area contributed by atoms with Gasteiger partial charge in [-0.1, -0.05) is 12.1 Å². The quantitative estimate of drug-likeness (QED) is 0.855. The second-order valence-corrected chi connectivity index (χ2v) is 5.86. The highest BCUT2D eigenvalue weighted by Crippen LogP contribution is 2.26. The third kappa shape index (κ3) is 3.88. The first-order valence-electron chi connectivity index (χ1n) is 7.42. The summed E-state index contributed by atoms with van der Waals surface area (Å²) in [5, 5.41) is 10.2. The molecule has 1 fully saturated rings. The van der Waals surface area contributed by atoms with E-state index in [0.29, 0.717) is 19.5 Å². The molecule has 1 N–H and O–H groups in total. The third-order valence-electron chi connectivity index (χ3n) is 3.86. The number of amides is 1. The van der Waals surface area contributed by atoms with Gasteiger partial charge < -0.3 is 19.8 Å². The van der Waals surface area contributed by atoms with Crippen LogP contribution in [-0.2, 0) is 4.79 Å². The Balaban J connectivity index is 1.97. The Kier molecular flexibility index (Phi) is 5.07. The fraction of sp³-hybridized carbons (Fsp3) is 0.562. The first-order valence-corrected chi connectivity index (χ1v) is 7.42. The second kappa shape index (κ2) is 6.80. The molecule has 116 valence electrons. The fourth-order valence-electron chi connectivity index (χ4n) is 2.79. The lowest BCUT2D eigenvalue weighted by Gasteiger charge is -2.29. The van der Waals surface area contributed by atoms with Gasteiger partial charge in [-0.2, -0.15) is 0 Å². The standard InChI is InChI=1S/C16H25N3O2/c1-17(2)14-7-4-5-8-15(14)18(3)11-13(20)12-19-10-6-9-16(19)21/h4-5,7-8,13,20H,6,9-12H2,1-3H3. The van der Waals surface area contributed by atoms with Crippen LogP contribution < -0.4 is 9.80 Å². The molecule has 1 aromatic rings. The summed E-state index contributed by atoms with van der Waals surface area (Å²) in [4.78, 5) is 17.5. The molecule has 1 unspecified atom stereocenters. The molecule has 1 heterocycles. The highest BCUT2D eigenvalue weighted by Gasteiger charge is 2.23. The summed E-state index contributed by atoms with van der Waals surface area (Å²) < 4.78 is 0. The number of carbonyl (C=O) groups excluding carboxylic acids is 1. The van der Waals surface area contributed by atoms with E-state index in [1.54, 1.807) is 4.90 Å². The van der Waals surface area contributed by atoms with Crippen molar-refractivity contribution >= 4 is 17.3 Å². The number of benzene rings is 1. The van der Waals surface area contributed by atoms with Crippen LogP contribution in [-0.4, -0.2) is 62.8 Å². The van der Waals surface area contributed by atoms with Crippen molar-refractivity contribution in [2.45, 2.75) is 18.9 Å². The first kappa shape index (κ1) is 15.6. The fourth-order valence-corrected chi connectivity index (χ4v) is 2.79. The molecular weight excluding hydrogens is 266 g/mol. The van der Waals surface area contributed by atoms with Gasteiger partial charge in [-0.15, -0.1) is 0 Å². The minimum atomic E-state index is -0.535. The number of β-amino-alcohol motifs (C(OH)–C–C–N with tert-alkyl or cyclic N) is 1. The molecule has 5 heteroatoms. The number of rotatable bonds is 6. The average Bonchev–Trinajstić information content (AvgIpc) is 2.84. The predicted octanol–water partition coefficient (Wildman–Crippen LogP) is 1.17. The van der Waals surface area contributed by atoms with E-state index in [1.165, 1.54) is 0 Å². The smallest absolute Gasteiger partial charge is 0.222 e. The molecule has 0 saturated carbocycles. The minimum Gasteiger partial charge on any atom is -0.389 e. The van der Waals surface area contributed by atoms with Crippen LogP contribution in [0.5, 0.6) is 0 Å². The SMILES string of the molecule is CN(C)c1ccccc1N(C)CC(O)CN1CCCC1=O. The molecule has 1 amide bonds. The van der Waals surface area contributed by atoms with E-state index in [4.69, 9.17) is 0 Å². The van der Waals surface area contributed by atoms with Gasteiger partial charge in [0.25, 0.3) is 0 Å². The van der Waals surface area contributed by atoms with E-state index in [1.807, 2.05) is 44.2 Å². The second-order valence-electron chi connectivity index (χ2n) is 5.86. The zero-order valence-corrected chi connectivity index (χ0v) is 13.1. The van der Waals surface area contributed by atoms with E-state index in [-0.39, 0.29) is 5.91 Å². The lowest BCUT2D eigenvalue weighted by molar-refractivity contribution is -0.128. The number of hydrogen-bond donors (Lipinski definition) is 1. The summed E-state index contributed by atoms with van der Waals surface area (Å²) in [6.45, 7) is 1.70. The van der Waals surface area contributed by atoms with Gasteiger partial charge in [0, 0.05) is 47.2 Å². The van der Waals surface area contributed by atoms with Gasteiger partial charge in [0.15, 0.2) is 0 Å². The summed E-state index contributed by atoms with van der Waals surface area (Å²) in [5.74, 6) is 0.158. The van der Waals surface area contributed by atoms with Gasteiger partial charge in [-0.25, -0.2) is 0 Å².